The lowest BCUT2D eigenvalue weighted by molar-refractivity contribution is -0.136. The summed E-state index contributed by atoms with van der Waals surface area (Å²) in [6.07, 6.45) is 8.12. The second-order valence-electron chi connectivity index (χ2n) is 11.1. The van der Waals surface area contributed by atoms with E-state index in [-0.39, 0.29) is 6.42 Å². The van der Waals surface area contributed by atoms with Gasteiger partial charge in [0.2, 0.25) is 0 Å². The molecular weight excluding hydrogens is 470 g/mol. The van der Waals surface area contributed by atoms with Crippen molar-refractivity contribution in [1.82, 2.24) is 4.48 Å². The molecule has 0 aromatic heterocycles. The summed E-state index contributed by atoms with van der Waals surface area (Å²) < 4.78 is 7.96. The van der Waals surface area contributed by atoms with Crippen LogP contribution in [0.25, 0.3) is 16.8 Å². The van der Waals surface area contributed by atoms with Crippen LogP contribution in [0.5, 0.6) is 5.75 Å². The van der Waals surface area contributed by atoms with Crippen molar-refractivity contribution in [2.45, 2.75) is 38.2 Å². The van der Waals surface area contributed by atoms with Crippen LogP contribution in [-0.4, -0.2) is 31.2 Å². The molecule has 4 nitrogen and oxygen atoms in total. The minimum atomic E-state index is -0.850. The van der Waals surface area contributed by atoms with E-state index in [1.54, 1.807) is 0 Å². The molecule has 0 radical (unpaired) electrons. The molecule has 1 saturated heterocycles. The van der Waals surface area contributed by atoms with Crippen molar-refractivity contribution in [1.29, 1.82) is 0 Å². The van der Waals surface area contributed by atoms with Crippen molar-refractivity contribution in [3.8, 4) is 5.75 Å². The van der Waals surface area contributed by atoms with Gasteiger partial charge in [0.05, 0.1) is 26.6 Å². The largest absolute Gasteiger partial charge is 0.481 e. The van der Waals surface area contributed by atoms with Gasteiger partial charge in [0.25, 0.3) is 0 Å². The summed E-state index contributed by atoms with van der Waals surface area (Å²) >= 11 is 0. The van der Waals surface area contributed by atoms with Gasteiger partial charge in [0.15, 0.2) is 5.60 Å². The number of hydrogen-bond acceptors (Lipinski definition) is 2. The van der Waals surface area contributed by atoms with Gasteiger partial charge in [-0.3, -0.25) is 9.28 Å². The van der Waals surface area contributed by atoms with Crippen molar-refractivity contribution in [2.24, 2.45) is 0 Å². The highest BCUT2D eigenvalue weighted by atomic mass is 16.5. The highest BCUT2D eigenvalue weighted by molar-refractivity contribution is 5.98. The molecule has 2 aliphatic rings. The second kappa shape index (κ2) is 9.45. The Labute approximate surface area is 224 Å². The SMILES string of the molecule is Cc1ccc2c(CC(=O)O)cc3c(c2c1)C=CC(c1ccccc1)(c1ccc([N+]2(C)CCCCC2)cc1)O3. The third-order valence-electron chi connectivity index (χ3n) is 8.40. The average Bonchev–Trinajstić information content (AvgIpc) is 2.93. The number of aliphatic carboxylic acids is 1. The Morgan fingerprint density at radius 3 is 2.32 bits per heavy atom. The van der Waals surface area contributed by atoms with E-state index in [1.165, 1.54) is 38.0 Å². The van der Waals surface area contributed by atoms with Gasteiger partial charge in [-0.05, 0) is 85.0 Å². The van der Waals surface area contributed by atoms with Crippen LogP contribution >= 0.6 is 0 Å². The molecule has 2 aliphatic heterocycles. The van der Waals surface area contributed by atoms with Crippen LogP contribution < -0.4 is 9.22 Å². The van der Waals surface area contributed by atoms with Gasteiger partial charge >= 0.3 is 5.97 Å². The summed E-state index contributed by atoms with van der Waals surface area (Å²) in [5.74, 6) is -0.137. The Hall–Kier alpha value is -3.89. The summed E-state index contributed by atoms with van der Waals surface area (Å²) in [6, 6.07) is 27.4. The number of hydrogen-bond donors (Lipinski definition) is 1. The molecule has 4 aromatic carbocycles. The van der Waals surface area contributed by atoms with Crippen LogP contribution in [0.4, 0.5) is 5.69 Å². The number of ether oxygens (including phenoxy) is 1. The number of carbonyl (C=O) groups is 1. The van der Waals surface area contributed by atoms with Crippen molar-refractivity contribution in [3.05, 3.63) is 113 Å². The molecule has 6 rings (SSSR count). The van der Waals surface area contributed by atoms with E-state index in [0.717, 1.165) is 43.1 Å². The Morgan fingerprint density at radius 2 is 1.61 bits per heavy atom. The topological polar surface area (TPSA) is 46.5 Å². The number of benzene rings is 4. The van der Waals surface area contributed by atoms with Gasteiger partial charge in [0, 0.05) is 16.7 Å². The molecule has 0 bridgehead atoms. The van der Waals surface area contributed by atoms with Gasteiger partial charge in [-0.15, -0.1) is 0 Å². The first-order chi connectivity index (χ1) is 18.4. The molecule has 4 heteroatoms. The van der Waals surface area contributed by atoms with Crippen LogP contribution in [0.3, 0.4) is 0 Å². The average molecular weight is 505 g/mol. The number of quaternary nitrogens is 1. The van der Waals surface area contributed by atoms with E-state index >= 15 is 0 Å². The fourth-order valence-electron chi connectivity index (χ4n) is 6.28. The van der Waals surface area contributed by atoms with Gasteiger partial charge in [-0.1, -0.05) is 54.1 Å². The second-order valence-corrected chi connectivity index (χ2v) is 11.1. The van der Waals surface area contributed by atoms with Crippen LogP contribution in [-0.2, 0) is 16.8 Å². The minimum Gasteiger partial charge on any atom is -0.481 e. The molecule has 0 amide bonds. The first-order valence-corrected chi connectivity index (χ1v) is 13.6. The Balaban J connectivity index is 1.50. The zero-order chi connectivity index (χ0) is 26.3. The highest BCUT2D eigenvalue weighted by Gasteiger charge is 2.38. The standard InChI is InChI=1S/C34H33NO3/c1-24-11-16-29-25(23-33(36)37)22-32-30(31(29)21-24)17-18-34(38-32,26-9-5-3-6-10-26)27-12-14-28(15-13-27)35(2)19-7-4-8-20-35/h3,5-6,9-18,21-22H,4,7-8,19-20,23H2,1-2H3/p+1. The first-order valence-electron chi connectivity index (χ1n) is 13.6. The van der Waals surface area contributed by atoms with E-state index in [9.17, 15) is 9.90 Å². The van der Waals surface area contributed by atoms with E-state index in [0.29, 0.717) is 5.75 Å². The summed E-state index contributed by atoms with van der Waals surface area (Å²) in [4.78, 5) is 11.7. The van der Waals surface area contributed by atoms with Crippen LogP contribution in [0.1, 0.15) is 47.1 Å². The summed E-state index contributed by atoms with van der Waals surface area (Å²) in [5, 5.41) is 11.6. The van der Waals surface area contributed by atoms with Crippen LogP contribution in [0, 0.1) is 6.92 Å². The Bertz CT molecular complexity index is 1530. The van der Waals surface area contributed by atoms with Crippen LogP contribution in [0.2, 0.25) is 0 Å². The molecule has 1 atom stereocenters. The Kier molecular flexibility index (Phi) is 6.08. The number of carboxylic acids is 1. The van der Waals surface area contributed by atoms with E-state index in [1.807, 2.05) is 36.4 Å². The zero-order valence-electron chi connectivity index (χ0n) is 22.1. The molecule has 192 valence electrons. The number of rotatable bonds is 5. The first kappa shape index (κ1) is 24.4. The monoisotopic (exact) mass is 504 g/mol. The molecule has 4 aromatic rings. The lowest BCUT2D eigenvalue weighted by Crippen LogP contribution is -2.49. The molecule has 1 unspecified atom stereocenters. The molecule has 38 heavy (non-hydrogen) atoms. The van der Waals surface area contributed by atoms with Crippen molar-refractivity contribution < 1.29 is 14.6 Å². The van der Waals surface area contributed by atoms with Gasteiger partial charge in [-0.2, -0.15) is 0 Å². The molecule has 0 spiro atoms. The molecule has 0 aliphatic carbocycles. The predicted octanol–water partition coefficient (Wildman–Crippen LogP) is 7.25. The van der Waals surface area contributed by atoms with E-state index in [4.69, 9.17) is 4.74 Å². The van der Waals surface area contributed by atoms with Gasteiger partial charge < -0.3 is 9.84 Å². The Morgan fingerprint density at radius 1 is 0.895 bits per heavy atom. The quantitative estimate of drug-likeness (QED) is 0.291. The fraction of sp³-hybridized carbons (Fsp3) is 0.265. The zero-order valence-corrected chi connectivity index (χ0v) is 22.1. The molecule has 1 N–H and O–H groups in total. The van der Waals surface area contributed by atoms with Gasteiger partial charge in [-0.25, -0.2) is 0 Å². The van der Waals surface area contributed by atoms with Crippen molar-refractivity contribution >= 4 is 28.5 Å². The van der Waals surface area contributed by atoms with Crippen molar-refractivity contribution in [3.63, 3.8) is 0 Å². The maximum absolute atomic E-state index is 11.7. The summed E-state index contributed by atoms with van der Waals surface area (Å²) in [6.45, 7) is 4.40. The lowest BCUT2D eigenvalue weighted by Gasteiger charge is -2.39. The minimum absolute atomic E-state index is 0.0521. The van der Waals surface area contributed by atoms with Crippen LogP contribution in [0.15, 0.2) is 84.9 Å². The molecule has 1 fully saturated rings. The fourth-order valence-corrected chi connectivity index (χ4v) is 6.28. The number of piperidine rings is 1. The maximum atomic E-state index is 11.7. The van der Waals surface area contributed by atoms with Gasteiger partial charge in [0.1, 0.15) is 11.4 Å². The smallest absolute Gasteiger partial charge is 0.307 e. The maximum Gasteiger partial charge on any atom is 0.307 e. The third kappa shape index (κ3) is 4.19. The molecule has 0 saturated carbocycles. The molecular formula is C34H34NO3+. The van der Waals surface area contributed by atoms with E-state index in [2.05, 4.69) is 68.6 Å². The third-order valence-corrected chi connectivity index (χ3v) is 8.40. The number of nitrogens with zero attached hydrogens (tertiary/aromatic N) is 1. The predicted molar refractivity (Wildman–Crippen MR) is 155 cm³/mol. The number of carboxylic acid groups (broad SMARTS) is 1. The molecule has 2 heterocycles. The number of likely N-dealkylation sites (tertiary alicyclic amines) is 1. The lowest BCUT2D eigenvalue weighted by atomic mass is 9.82. The summed E-state index contributed by atoms with van der Waals surface area (Å²) in [7, 11) is 2.34. The van der Waals surface area contributed by atoms with E-state index < -0.39 is 11.6 Å². The normalized spacial score (nSPS) is 20.1. The number of fused-ring (bicyclic) bond motifs is 3. The number of aryl methyl sites for hydroxylation is 1. The summed E-state index contributed by atoms with van der Waals surface area (Å²) in [5.41, 5.74) is 5.51. The highest BCUT2D eigenvalue weighted by Crippen LogP contribution is 2.45. The van der Waals surface area contributed by atoms with Crippen molar-refractivity contribution in [2.75, 3.05) is 20.1 Å².